The van der Waals surface area contributed by atoms with Crippen LogP contribution in [0.15, 0.2) is 30.0 Å². The molecule has 1 aliphatic heterocycles. The van der Waals surface area contributed by atoms with Crippen molar-refractivity contribution in [1.82, 2.24) is 10.2 Å². The monoisotopic (exact) mass is 371 g/mol. The molecule has 1 saturated heterocycles. The summed E-state index contributed by atoms with van der Waals surface area (Å²) in [4.78, 5) is 39.5. The van der Waals surface area contributed by atoms with Crippen LogP contribution in [0.25, 0.3) is 0 Å². The summed E-state index contributed by atoms with van der Waals surface area (Å²) in [6, 6.07) is 5.50. The smallest absolute Gasteiger partial charge is 0.414 e. The van der Waals surface area contributed by atoms with E-state index in [1.165, 1.54) is 6.92 Å². The Kier molecular flexibility index (Phi) is 5.48. The van der Waals surface area contributed by atoms with Gasteiger partial charge in [0.2, 0.25) is 5.91 Å². The van der Waals surface area contributed by atoms with Crippen molar-refractivity contribution in [3.63, 3.8) is 0 Å². The topological polar surface area (TPSA) is 79.0 Å². The molecule has 0 radical (unpaired) electrons. The van der Waals surface area contributed by atoms with E-state index in [0.717, 1.165) is 36.1 Å². The summed E-state index contributed by atoms with van der Waals surface area (Å²) in [6.07, 6.45) is 3.49. The van der Waals surface area contributed by atoms with Crippen LogP contribution in [0.3, 0.4) is 0 Å². The van der Waals surface area contributed by atoms with E-state index in [-0.39, 0.29) is 17.8 Å². The minimum Gasteiger partial charge on any atom is -0.442 e. The molecule has 144 valence electrons. The highest BCUT2D eigenvalue weighted by atomic mass is 16.6. The minimum atomic E-state index is -0.432. The second-order valence-corrected chi connectivity index (χ2v) is 7.20. The number of rotatable bonds is 4. The number of amides is 2. The summed E-state index contributed by atoms with van der Waals surface area (Å²) in [7, 11) is 3.82. The number of carbonyl (C=O) groups excluding carboxylic acids is 3. The van der Waals surface area contributed by atoms with Gasteiger partial charge in [-0.25, -0.2) is 4.79 Å². The van der Waals surface area contributed by atoms with Gasteiger partial charge in [0.05, 0.1) is 13.1 Å². The highest BCUT2D eigenvalue weighted by Crippen LogP contribution is 2.30. The first-order valence-corrected chi connectivity index (χ1v) is 9.12. The number of cyclic esters (lactones) is 1. The Hall–Kier alpha value is -2.83. The summed E-state index contributed by atoms with van der Waals surface area (Å²) in [5.74, 6) is -0.107. The molecule has 1 heterocycles. The van der Waals surface area contributed by atoms with Gasteiger partial charge in [0, 0.05) is 44.0 Å². The van der Waals surface area contributed by atoms with E-state index in [4.69, 9.17) is 4.74 Å². The number of benzene rings is 1. The van der Waals surface area contributed by atoms with E-state index < -0.39 is 6.09 Å². The predicted octanol–water partition coefficient (Wildman–Crippen LogP) is 2.11. The first kappa shape index (κ1) is 18.9. The maximum Gasteiger partial charge on any atom is 0.414 e. The SMILES string of the molecule is CC(=O)NC[C@H]1CN(c2ccc3c(c2)CCCC(=CN(C)C)C3=O)C(=O)O1. The van der Waals surface area contributed by atoms with Crippen molar-refractivity contribution in [2.75, 3.05) is 32.1 Å². The summed E-state index contributed by atoms with van der Waals surface area (Å²) >= 11 is 0. The molecule has 0 saturated carbocycles. The Bertz CT molecular complexity index is 800. The van der Waals surface area contributed by atoms with Crippen LogP contribution in [0.2, 0.25) is 0 Å². The fourth-order valence-electron chi connectivity index (χ4n) is 3.46. The average Bonchev–Trinajstić information content (AvgIpc) is 2.91. The lowest BCUT2D eigenvalue weighted by Gasteiger charge is -2.16. The Morgan fingerprint density at radius 2 is 2.11 bits per heavy atom. The first-order valence-electron chi connectivity index (χ1n) is 9.12. The van der Waals surface area contributed by atoms with Crippen molar-refractivity contribution in [3.8, 4) is 0 Å². The van der Waals surface area contributed by atoms with Crippen LogP contribution >= 0.6 is 0 Å². The van der Waals surface area contributed by atoms with Crippen LogP contribution < -0.4 is 10.2 Å². The molecule has 2 aliphatic rings. The molecule has 1 atom stereocenters. The largest absolute Gasteiger partial charge is 0.442 e. The Morgan fingerprint density at radius 1 is 1.33 bits per heavy atom. The number of nitrogens with zero attached hydrogens (tertiary/aromatic N) is 2. The van der Waals surface area contributed by atoms with Crippen molar-refractivity contribution in [1.29, 1.82) is 0 Å². The molecule has 1 aromatic carbocycles. The molecule has 1 aliphatic carbocycles. The molecule has 0 aromatic heterocycles. The highest BCUT2D eigenvalue weighted by molar-refractivity contribution is 6.10. The van der Waals surface area contributed by atoms with Gasteiger partial charge in [-0.05, 0) is 43.0 Å². The lowest BCUT2D eigenvalue weighted by molar-refractivity contribution is -0.119. The van der Waals surface area contributed by atoms with Gasteiger partial charge in [0.25, 0.3) is 0 Å². The van der Waals surface area contributed by atoms with Gasteiger partial charge in [0.15, 0.2) is 5.78 Å². The average molecular weight is 371 g/mol. The number of anilines is 1. The van der Waals surface area contributed by atoms with Gasteiger partial charge in [-0.15, -0.1) is 0 Å². The zero-order chi connectivity index (χ0) is 19.6. The molecule has 1 fully saturated rings. The number of hydrogen-bond donors (Lipinski definition) is 1. The van der Waals surface area contributed by atoms with E-state index in [0.29, 0.717) is 18.7 Å². The molecular weight excluding hydrogens is 346 g/mol. The first-order chi connectivity index (χ1) is 12.8. The number of ketones is 1. The maximum absolute atomic E-state index is 12.8. The number of ether oxygens (including phenoxy) is 1. The third-order valence-corrected chi connectivity index (χ3v) is 4.70. The van der Waals surface area contributed by atoms with Gasteiger partial charge in [-0.3, -0.25) is 14.5 Å². The van der Waals surface area contributed by atoms with Crippen LogP contribution in [0.5, 0.6) is 0 Å². The zero-order valence-corrected chi connectivity index (χ0v) is 15.9. The molecule has 0 spiro atoms. The molecule has 2 amide bonds. The second-order valence-electron chi connectivity index (χ2n) is 7.20. The van der Waals surface area contributed by atoms with E-state index in [2.05, 4.69) is 5.32 Å². The fourth-order valence-corrected chi connectivity index (χ4v) is 3.46. The lowest BCUT2D eigenvalue weighted by atomic mass is 9.99. The molecular formula is C20H25N3O4. The van der Waals surface area contributed by atoms with Gasteiger partial charge >= 0.3 is 6.09 Å². The van der Waals surface area contributed by atoms with Crippen LogP contribution in [-0.4, -0.2) is 56.0 Å². The molecule has 27 heavy (non-hydrogen) atoms. The molecule has 7 heteroatoms. The van der Waals surface area contributed by atoms with Crippen molar-refractivity contribution in [3.05, 3.63) is 41.1 Å². The number of fused-ring (bicyclic) bond motifs is 1. The minimum absolute atomic E-state index is 0.0512. The van der Waals surface area contributed by atoms with Crippen LogP contribution in [0.4, 0.5) is 10.5 Å². The summed E-state index contributed by atoms with van der Waals surface area (Å²) in [5, 5.41) is 2.67. The zero-order valence-electron chi connectivity index (χ0n) is 15.9. The third-order valence-electron chi connectivity index (χ3n) is 4.70. The van der Waals surface area contributed by atoms with Gasteiger partial charge in [-0.1, -0.05) is 0 Å². The fraction of sp³-hybridized carbons (Fsp3) is 0.450. The normalized spacial score (nSPS) is 20.9. The van der Waals surface area contributed by atoms with Gasteiger partial charge < -0.3 is 15.0 Å². The standard InChI is InChI=1S/C20H25N3O4/c1-13(24)21-10-17-12-23(20(26)27-17)16-7-8-18-14(9-16)5-4-6-15(19(18)25)11-22(2)3/h7-9,11,17H,4-6,10,12H2,1-3H3,(H,21,24)/t17-/m0/s1. The van der Waals surface area contributed by atoms with Crippen molar-refractivity contribution in [2.45, 2.75) is 32.3 Å². The van der Waals surface area contributed by atoms with Crippen molar-refractivity contribution < 1.29 is 19.1 Å². The number of hydrogen-bond acceptors (Lipinski definition) is 5. The number of aryl methyl sites for hydroxylation is 1. The van der Waals surface area contributed by atoms with E-state index in [9.17, 15) is 14.4 Å². The van der Waals surface area contributed by atoms with E-state index in [1.807, 2.05) is 31.3 Å². The number of allylic oxidation sites excluding steroid dienone is 1. The Morgan fingerprint density at radius 3 is 2.81 bits per heavy atom. The summed E-state index contributed by atoms with van der Waals surface area (Å²) in [5.41, 5.74) is 3.18. The summed E-state index contributed by atoms with van der Waals surface area (Å²) < 4.78 is 5.32. The Labute approximate surface area is 159 Å². The Balaban J connectivity index is 1.80. The summed E-state index contributed by atoms with van der Waals surface area (Å²) in [6.45, 7) is 2.09. The predicted molar refractivity (Wildman–Crippen MR) is 102 cm³/mol. The molecule has 1 N–H and O–H groups in total. The third kappa shape index (κ3) is 4.30. The van der Waals surface area contributed by atoms with E-state index >= 15 is 0 Å². The molecule has 0 bridgehead atoms. The van der Waals surface area contributed by atoms with Crippen LogP contribution in [0.1, 0.15) is 35.7 Å². The number of nitrogens with one attached hydrogen (secondary N) is 1. The number of carbonyl (C=O) groups is 3. The maximum atomic E-state index is 12.8. The number of Topliss-reactive ketones (excluding diaryl/α,β-unsaturated/α-hetero) is 1. The van der Waals surface area contributed by atoms with Crippen LogP contribution in [0, 0.1) is 0 Å². The molecule has 3 rings (SSSR count). The highest BCUT2D eigenvalue weighted by Gasteiger charge is 2.33. The van der Waals surface area contributed by atoms with Crippen LogP contribution in [-0.2, 0) is 16.0 Å². The van der Waals surface area contributed by atoms with Gasteiger partial charge in [0.1, 0.15) is 6.10 Å². The quantitative estimate of drug-likeness (QED) is 0.648. The van der Waals surface area contributed by atoms with Crippen molar-refractivity contribution in [2.24, 2.45) is 0 Å². The second kappa shape index (κ2) is 7.82. The van der Waals surface area contributed by atoms with Gasteiger partial charge in [-0.2, -0.15) is 0 Å². The molecule has 7 nitrogen and oxygen atoms in total. The lowest BCUT2D eigenvalue weighted by Crippen LogP contribution is -2.33. The van der Waals surface area contributed by atoms with Crippen molar-refractivity contribution >= 4 is 23.5 Å². The molecule has 0 unspecified atom stereocenters. The van der Waals surface area contributed by atoms with E-state index in [1.54, 1.807) is 17.0 Å². The molecule has 1 aromatic rings.